The van der Waals surface area contributed by atoms with Gasteiger partial charge in [-0.15, -0.1) is 0 Å². The van der Waals surface area contributed by atoms with Gasteiger partial charge in [-0.25, -0.2) is 0 Å². The molecule has 128 valence electrons. The number of carbonyl (C=O) groups is 1. The first-order valence-corrected chi connectivity index (χ1v) is 7.70. The number of nitriles is 1. The number of halogens is 1. The van der Waals surface area contributed by atoms with Crippen molar-refractivity contribution in [3.8, 4) is 11.8 Å². The van der Waals surface area contributed by atoms with Gasteiger partial charge in [0.25, 0.3) is 5.91 Å². The third-order valence-corrected chi connectivity index (χ3v) is 3.68. The van der Waals surface area contributed by atoms with Crippen molar-refractivity contribution in [2.24, 2.45) is 0 Å². The Morgan fingerprint density at radius 3 is 2.72 bits per heavy atom. The summed E-state index contributed by atoms with van der Waals surface area (Å²) in [5.41, 5.74) is 8.03. The van der Waals surface area contributed by atoms with Gasteiger partial charge in [0, 0.05) is 11.9 Å². The lowest BCUT2D eigenvalue weighted by molar-refractivity contribution is -0.112. The second-order valence-corrected chi connectivity index (χ2v) is 5.62. The summed E-state index contributed by atoms with van der Waals surface area (Å²) >= 11 is 5.94. The minimum atomic E-state index is -0.555. The zero-order valence-corrected chi connectivity index (χ0v) is 14.5. The molecular formula is C18H17ClN4O2. The lowest BCUT2D eigenvalue weighted by Gasteiger charge is -2.11. The van der Waals surface area contributed by atoms with E-state index in [1.54, 1.807) is 30.3 Å². The number of nitrogens with two attached hydrogens (primary N) is 1. The van der Waals surface area contributed by atoms with E-state index >= 15 is 0 Å². The summed E-state index contributed by atoms with van der Waals surface area (Å²) in [6, 6.07) is 12.1. The normalized spacial score (nSPS) is 10.7. The SMILES string of the molecule is COc1ccc(C)cc1NC(=O)/C(C#N)=C\Nc1ccc(N)c(Cl)c1. The highest BCUT2D eigenvalue weighted by molar-refractivity contribution is 6.33. The Labute approximate surface area is 150 Å². The second-order valence-electron chi connectivity index (χ2n) is 5.21. The highest BCUT2D eigenvalue weighted by Crippen LogP contribution is 2.26. The zero-order valence-electron chi connectivity index (χ0n) is 13.8. The Bertz CT molecular complexity index is 872. The third kappa shape index (κ3) is 4.66. The molecule has 0 heterocycles. The quantitative estimate of drug-likeness (QED) is 0.431. The number of carbonyl (C=O) groups excluding carboxylic acids is 1. The first-order chi connectivity index (χ1) is 11.9. The Morgan fingerprint density at radius 1 is 1.32 bits per heavy atom. The molecule has 0 radical (unpaired) electrons. The lowest BCUT2D eigenvalue weighted by atomic mass is 10.2. The fraction of sp³-hybridized carbons (Fsp3) is 0.111. The number of anilines is 3. The zero-order chi connectivity index (χ0) is 18.4. The van der Waals surface area contributed by atoms with Crippen molar-refractivity contribution in [3.05, 3.63) is 58.8 Å². The molecule has 0 atom stereocenters. The van der Waals surface area contributed by atoms with Crippen LogP contribution >= 0.6 is 11.6 Å². The number of nitrogens with zero attached hydrogens (tertiary/aromatic N) is 1. The number of amides is 1. The van der Waals surface area contributed by atoms with Gasteiger partial charge in [-0.05, 0) is 42.8 Å². The van der Waals surface area contributed by atoms with Gasteiger partial charge >= 0.3 is 0 Å². The van der Waals surface area contributed by atoms with E-state index in [9.17, 15) is 10.1 Å². The van der Waals surface area contributed by atoms with Gasteiger partial charge in [0.05, 0.1) is 23.5 Å². The summed E-state index contributed by atoms with van der Waals surface area (Å²) in [5.74, 6) is -0.0463. The van der Waals surface area contributed by atoms with E-state index in [2.05, 4.69) is 10.6 Å². The largest absolute Gasteiger partial charge is 0.495 e. The van der Waals surface area contributed by atoms with Crippen molar-refractivity contribution in [1.82, 2.24) is 0 Å². The molecule has 2 aromatic rings. The molecule has 25 heavy (non-hydrogen) atoms. The van der Waals surface area contributed by atoms with Crippen LogP contribution < -0.4 is 21.1 Å². The summed E-state index contributed by atoms with van der Waals surface area (Å²) in [6.45, 7) is 1.89. The molecule has 0 fully saturated rings. The minimum absolute atomic E-state index is 0.100. The van der Waals surface area contributed by atoms with Gasteiger partial charge in [0.2, 0.25) is 0 Å². The fourth-order valence-corrected chi connectivity index (χ4v) is 2.21. The number of methoxy groups -OCH3 is 1. The number of benzene rings is 2. The van der Waals surface area contributed by atoms with Gasteiger partial charge < -0.3 is 21.1 Å². The average molecular weight is 357 g/mol. The molecule has 4 N–H and O–H groups in total. The standard InChI is InChI=1S/C18H17ClN4O2/c1-11-3-6-17(25-2)16(7-11)23-18(24)12(9-20)10-22-13-4-5-15(21)14(19)8-13/h3-8,10,22H,21H2,1-2H3,(H,23,24)/b12-10-. The molecule has 0 bridgehead atoms. The van der Waals surface area contributed by atoms with Crippen LogP contribution in [-0.2, 0) is 4.79 Å². The summed E-state index contributed by atoms with van der Waals surface area (Å²) in [4.78, 5) is 12.3. The van der Waals surface area contributed by atoms with Gasteiger partial charge in [0.1, 0.15) is 17.4 Å². The monoisotopic (exact) mass is 356 g/mol. The van der Waals surface area contributed by atoms with Crippen molar-refractivity contribution in [2.75, 3.05) is 23.5 Å². The van der Waals surface area contributed by atoms with E-state index in [1.165, 1.54) is 13.3 Å². The molecule has 0 unspecified atom stereocenters. The maximum Gasteiger partial charge on any atom is 0.267 e. The van der Waals surface area contributed by atoms with Gasteiger partial charge in [0.15, 0.2) is 0 Å². The van der Waals surface area contributed by atoms with E-state index in [4.69, 9.17) is 22.1 Å². The molecular weight excluding hydrogens is 340 g/mol. The third-order valence-electron chi connectivity index (χ3n) is 3.35. The highest BCUT2D eigenvalue weighted by Gasteiger charge is 2.12. The minimum Gasteiger partial charge on any atom is -0.495 e. The van der Waals surface area contributed by atoms with Crippen molar-refractivity contribution in [1.29, 1.82) is 5.26 Å². The first-order valence-electron chi connectivity index (χ1n) is 7.32. The number of aryl methyl sites for hydroxylation is 1. The van der Waals surface area contributed by atoms with Crippen LogP contribution in [0.5, 0.6) is 5.75 Å². The van der Waals surface area contributed by atoms with Crippen LogP contribution in [0.3, 0.4) is 0 Å². The van der Waals surface area contributed by atoms with Gasteiger partial charge in [-0.2, -0.15) is 5.26 Å². The molecule has 1 amide bonds. The van der Waals surface area contributed by atoms with Crippen molar-refractivity contribution >= 4 is 34.6 Å². The summed E-state index contributed by atoms with van der Waals surface area (Å²) in [5, 5.41) is 15.1. The second kappa shape index (κ2) is 8.08. The van der Waals surface area contributed by atoms with E-state index in [0.29, 0.717) is 27.8 Å². The molecule has 6 nitrogen and oxygen atoms in total. The predicted molar refractivity (Wildman–Crippen MR) is 99.5 cm³/mol. The number of hydrogen-bond donors (Lipinski definition) is 3. The summed E-state index contributed by atoms with van der Waals surface area (Å²) in [7, 11) is 1.51. The van der Waals surface area contributed by atoms with Crippen LogP contribution in [0, 0.1) is 18.3 Å². The van der Waals surface area contributed by atoms with E-state index in [0.717, 1.165) is 5.56 Å². The fourth-order valence-electron chi connectivity index (χ4n) is 2.03. The summed E-state index contributed by atoms with van der Waals surface area (Å²) in [6.07, 6.45) is 1.31. The molecule has 0 saturated carbocycles. The first kappa shape index (κ1) is 18.2. The number of hydrogen-bond acceptors (Lipinski definition) is 5. The van der Waals surface area contributed by atoms with Crippen molar-refractivity contribution in [3.63, 3.8) is 0 Å². The van der Waals surface area contributed by atoms with E-state index in [1.807, 2.05) is 19.1 Å². The maximum absolute atomic E-state index is 12.3. The van der Waals surface area contributed by atoms with Crippen LogP contribution in [-0.4, -0.2) is 13.0 Å². The van der Waals surface area contributed by atoms with E-state index < -0.39 is 5.91 Å². The number of rotatable bonds is 5. The van der Waals surface area contributed by atoms with Crippen LogP contribution in [0.25, 0.3) is 0 Å². The Kier molecular flexibility index (Phi) is 5.88. The maximum atomic E-state index is 12.3. The topological polar surface area (TPSA) is 100 Å². The summed E-state index contributed by atoms with van der Waals surface area (Å²) < 4.78 is 5.21. The molecule has 2 rings (SSSR count). The molecule has 2 aromatic carbocycles. The average Bonchev–Trinajstić information content (AvgIpc) is 2.58. The smallest absolute Gasteiger partial charge is 0.267 e. The van der Waals surface area contributed by atoms with E-state index in [-0.39, 0.29) is 5.57 Å². The molecule has 0 aromatic heterocycles. The molecule has 0 saturated heterocycles. The van der Waals surface area contributed by atoms with Crippen LogP contribution in [0.15, 0.2) is 48.2 Å². The lowest BCUT2D eigenvalue weighted by Crippen LogP contribution is -2.15. The van der Waals surface area contributed by atoms with Gasteiger partial charge in [-0.3, -0.25) is 4.79 Å². The molecule has 0 aliphatic heterocycles. The van der Waals surface area contributed by atoms with Crippen LogP contribution in [0.2, 0.25) is 5.02 Å². The van der Waals surface area contributed by atoms with Crippen molar-refractivity contribution < 1.29 is 9.53 Å². The Balaban J connectivity index is 2.17. The number of nitrogen functional groups attached to an aromatic ring is 1. The van der Waals surface area contributed by atoms with Crippen LogP contribution in [0.1, 0.15) is 5.56 Å². The van der Waals surface area contributed by atoms with Crippen molar-refractivity contribution in [2.45, 2.75) is 6.92 Å². The highest BCUT2D eigenvalue weighted by atomic mass is 35.5. The molecule has 0 aliphatic carbocycles. The number of nitrogens with one attached hydrogen (secondary N) is 2. The van der Waals surface area contributed by atoms with Crippen LogP contribution in [0.4, 0.5) is 17.1 Å². The molecule has 7 heteroatoms. The Morgan fingerprint density at radius 2 is 2.08 bits per heavy atom. The Hall–Kier alpha value is -3.17. The molecule has 0 aliphatic rings. The number of ether oxygens (including phenoxy) is 1. The molecule has 0 spiro atoms. The predicted octanol–water partition coefficient (Wildman–Crippen LogP) is 3.70. The van der Waals surface area contributed by atoms with Gasteiger partial charge in [-0.1, -0.05) is 17.7 Å².